The van der Waals surface area contributed by atoms with E-state index in [9.17, 15) is 4.79 Å². The van der Waals surface area contributed by atoms with Crippen molar-refractivity contribution in [3.63, 3.8) is 0 Å². The van der Waals surface area contributed by atoms with Gasteiger partial charge in [0.05, 0.1) is 5.69 Å². The topological polar surface area (TPSA) is 29.5 Å². The third-order valence-corrected chi connectivity index (χ3v) is 4.20. The highest BCUT2D eigenvalue weighted by Gasteiger charge is 2.25. The first-order chi connectivity index (χ1) is 11.8. The lowest BCUT2D eigenvalue weighted by Crippen LogP contribution is -2.31. The fourth-order valence-corrected chi connectivity index (χ4v) is 3.06. The van der Waals surface area contributed by atoms with Crippen LogP contribution in [-0.2, 0) is 16.1 Å². The van der Waals surface area contributed by atoms with Crippen LogP contribution in [0.25, 0.3) is 12.2 Å². The zero-order valence-electron chi connectivity index (χ0n) is 13.2. The molecular weight excluding hydrogens is 298 g/mol. The molecule has 3 nitrogen and oxygen atoms in total. The minimum absolute atomic E-state index is 0.277. The Hall–Kier alpha value is -3.07. The average molecular weight is 315 g/mol. The van der Waals surface area contributed by atoms with E-state index in [0.717, 1.165) is 22.4 Å². The Morgan fingerprint density at radius 2 is 1.79 bits per heavy atom. The average Bonchev–Trinajstić information content (AvgIpc) is 2.82. The Morgan fingerprint density at radius 3 is 2.62 bits per heavy atom. The molecule has 0 saturated heterocycles. The lowest BCUT2D eigenvalue weighted by atomic mass is 10.0. The van der Waals surface area contributed by atoms with Gasteiger partial charge in [0.2, 0.25) is 0 Å². The maximum absolute atomic E-state index is 12.6. The molecule has 2 aliphatic rings. The highest BCUT2D eigenvalue weighted by molar-refractivity contribution is 5.97. The SMILES string of the molecule is O=C(OCc1ccccc1)C1=CC=Cc2cccc3c2N1CC=C3. The number of anilines is 1. The molecule has 0 amide bonds. The first kappa shape index (κ1) is 14.5. The van der Waals surface area contributed by atoms with Crippen molar-refractivity contribution in [2.24, 2.45) is 0 Å². The summed E-state index contributed by atoms with van der Waals surface area (Å²) in [6, 6.07) is 15.9. The monoisotopic (exact) mass is 315 g/mol. The van der Waals surface area contributed by atoms with Crippen molar-refractivity contribution in [1.82, 2.24) is 0 Å². The van der Waals surface area contributed by atoms with Gasteiger partial charge >= 0.3 is 5.97 Å². The molecule has 0 N–H and O–H groups in total. The number of hydrogen-bond acceptors (Lipinski definition) is 3. The third-order valence-electron chi connectivity index (χ3n) is 4.20. The Labute approximate surface area is 141 Å². The number of nitrogens with zero attached hydrogens (tertiary/aromatic N) is 1. The van der Waals surface area contributed by atoms with Crippen molar-refractivity contribution < 1.29 is 9.53 Å². The van der Waals surface area contributed by atoms with Crippen molar-refractivity contribution in [2.75, 3.05) is 11.4 Å². The zero-order chi connectivity index (χ0) is 16.4. The van der Waals surface area contributed by atoms with Crippen LogP contribution in [0, 0.1) is 0 Å². The van der Waals surface area contributed by atoms with E-state index in [4.69, 9.17) is 4.74 Å². The number of hydrogen-bond donors (Lipinski definition) is 0. The second-order valence-corrected chi connectivity index (χ2v) is 5.77. The molecule has 0 spiro atoms. The molecule has 0 aromatic heterocycles. The van der Waals surface area contributed by atoms with Gasteiger partial charge in [-0.3, -0.25) is 0 Å². The van der Waals surface area contributed by atoms with Crippen molar-refractivity contribution in [2.45, 2.75) is 6.61 Å². The van der Waals surface area contributed by atoms with Gasteiger partial charge in [-0.25, -0.2) is 4.79 Å². The van der Waals surface area contributed by atoms with Crippen LogP contribution in [0.4, 0.5) is 5.69 Å². The summed E-state index contributed by atoms with van der Waals surface area (Å²) in [6.07, 6.45) is 9.93. The number of para-hydroxylation sites is 1. The third kappa shape index (κ3) is 2.65. The molecule has 4 rings (SSSR count). The molecule has 0 aliphatic carbocycles. The fourth-order valence-electron chi connectivity index (χ4n) is 3.06. The van der Waals surface area contributed by atoms with Crippen molar-refractivity contribution in [3.05, 3.63) is 89.1 Å². The molecule has 3 heteroatoms. The molecule has 0 bridgehead atoms. The summed E-state index contributed by atoms with van der Waals surface area (Å²) >= 11 is 0. The molecule has 118 valence electrons. The summed E-state index contributed by atoms with van der Waals surface area (Å²) in [4.78, 5) is 14.7. The standard InChI is InChI=1S/C21H17NO2/c23-21(24-15-16-7-2-1-3-8-16)19-13-5-11-17-9-4-10-18-12-6-14-22(19)20(17)18/h1-13H,14-15H2. The van der Waals surface area contributed by atoms with Crippen LogP contribution in [0.5, 0.6) is 0 Å². The number of esters is 1. The Balaban J connectivity index is 1.60. The van der Waals surface area contributed by atoms with Gasteiger partial charge in [0, 0.05) is 6.54 Å². The summed E-state index contributed by atoms with van der Waals surface area (Å²) in [5, 5.41) is 0. The minimum atomic E-state index is -0.304. The van der Waals surface area contributed by atoms with E-state index in [2.05, 4.69) is 24.3 Å². The van der Waals surface area contributed by atoms with Crippen LogP contribution in [0.1, 0.15) is 16.7 Å². The molecule has 2 aromatic rings. The normalized spacial score (nSPS) is 14.7. The van der Waals surface area contributed by atoms with Gasteiger partial charge in [-0.1, -0.05) is 72.8 Å². The Morgan fingerprint density at radius 1 is 1.00 bits per heavy atom. The van der Waals surface area contributed by atoms with E-state index in [0.29, 0.717) is 12.2 Å². The van der Waals surface area contributed by atoms with Crippen molar-refractivity contribution in [1.29, 1.82) is 0 Å². The van der Waals surface area contributed by atoms with Crippen LogP contribution in [0.2, 0.25) is 0 Å². The van der Waals surface area contributed by atoms with E-state index in [1.165, 1.54) is 0 Å². The van der Waals surface area contributed by atoms with E-state index in [-0.39, 0.29) is 12.6 Å². The molecule has 0 radical (unpaired) electrons. The van der Waals surface area contributed by atoms with Crippen LogP contribution in [0.3, 0.4) is 0 Å². The number of ether oxygens (including phenoxy) is 1. The fraction of sp³-hybridized carbons (Fsp3) is 0.0952. The largest absolute Gasteiger partial charge is 0.456 e. The number of carbonyl (C=O) groups excluding carboxylic acids is 1. The molecule has 2 heterocycles. The maximum Gasteiger partial charge on any atom is 0.355 e. The smallest absolute Gasteiger partial charge is 0.355 e. The number of rotatable bonds is 3. The summed E-state index contributed by atoms with van der Waals surface area (Å²) in [5.41, 5.74) is 4.84. The molecule has 24 heavy (non-hydrogen) atoms. The van der Waals surface area contributed by atoms with Gasteiger partial charge in [-0.2, -0.15) is 0 Å². The highest BCUT2D eigenvalue weighted by atomic mass is 16.5. The molecule has 0 saturated carbocycles. The van der Waals surface area contributed by atoms with Crippen LogP contribution < -0.4 is 4.90 Å². The molecular formula is C21H17NO2. The molecule has 2 aliphatic heterocycles. The number of carbonyl (C=O) groups is 1. The molecule has 2 aromatic carbocycles. The molecule has 0 fully saturated rings. The van der Waals surface area contributed by atoms with E-state index >= 15 is 0 Å². The quantitative estimate of drug-likeness (QED) is 0.796. The second-order valence-electron chi connectivity index (χ2n) is 5.77. The van der Waals surface area contributed by atoms with Gasteiger partial charge in [0.1, 0.15) is 12.3 Å². The summed E-state index contributed by atoms with van der Waals surface area (Å²) in [5.74, 6) is -0.304. The van der Waals surface area contributed by atoms with Crippen molar-refractivity contribution in [3.8, 4) is 0 Å². The zero-order valence-corrected chi connectivity index (χ0v) is 13.2. The lowest BCUT2D eigenvalue weighted by Gasteiger charge is -2.29. The van der Waals surface area contributed by atoms with Gasteiger partial charge in [0.15, 0.2) is 0 Å². The first-order valence-electron chi connectivity index (χ1n) is 7.99. The maximum atomic E-state index is 12.6. The van der Waals surface area contributed by atoms with Gasteiger partial charge in [0.25, 0.3) is 0 Å². The van der Waals surface area contributed by atoms with Crippen LogP contribution in [0.15, 0.2) is 72.5 Å². The highest BCUT2D eigenvalue weighted by Crippen LogP contribution is 2.35. The summed E-state index contributed by atoms with van der Waals surface area (Å²) in [6.45, 7) is 0.941. The predicted octanol–water partition coefficient (Wildman–Crippen LogP) is 4.17. The lowest BCUT2D eigenvalue weighted by molar-refractivity contribution is -0.140. The van der Waals surface area contributed by atoms with E-state index < -0.39 is 0 Å². The van der Waals surface area contributed by atoms with Crippen molar-refractivity contribution >= 4 is 23.8 Å². The Kier molecular flexibility index (Phi) is 3.75. The van der Waals surface area contributed by atoms with Gasteiger partial charge in [-0.05, 0) is 22.8 Å². The first-order valence-corrected chi connectivity index (χ1v) is 7.99. The summed E-state index contributed by atoms with van der Waals surface area (Å²) < 4.78 is 5.53. The summed E-state index contributed by atoms with van der Waals surface area (Å²) in [7, 11) is 0. The van der Waals surface area contributed by atoms with Crippen LogP contribution >= 0.6 is 0 Å². The van der Waals surface area contributed by atoms with E-state index in [1.54, 1.807) is 0 Å². The minimum Gasteiger partial charge on any atom is -0.456 e. The predicted molar refractivity (Wildman–Crippen MR) is 96.2 cm³/mol. The van der Waals surface area contributed by atoms with Gasteiger partial charge in [-0.15, -0.1) is 0 Å². The van der Waals surface area contributed by atoms with Gasteiger partial charge < -0.3 is 9.64 Å². The molecule has 0 atom stereocenters. The van der Waals surface area contributed by atoms with Crippen LogP contribution in [-0.4, -0.2) is 12.5 Å². The number of benzene rings is 2. The number of allylic oxidation sites excluding steroid dienone is 2. The Bertz CT molecular complexity index is 863. The van der Waals surface area contributed by atoms with E-state index in [1.807, 2.05) is 59.5 Å². The second kappa shape index (κ2) is 6.20. The molecule has 0 unspecified atom stereocenters.